The summed E-state index contributed by atoms with van der Waals surface area (Å²) in [5, 5.41) is 15.7. The minimum absolute atomic E-state index is 0.136. The van der Waals surface area contributed by atoms with E-state index in [-0.39, 0.29) is 17.7 Å². The smallest absolute Gasteiger partial charge is 0.315 e. The van der Waals surface area contributed by atoms with Crippen molar-refractivity contribution in [2.75, 3.05) is 6.54 Å². The van der Waals surface area contributed by atoms with E-state index in [1.54, 1.807) is 0 Å². The third kappa shape index (κ3) is 7.46. The molecule has 0 heterocycles. The molecule has 0 spiro atoms. The van der Waals surface area contributed by atoms with Crippen LogP contribution in [0.5, 0.6) is 0 Å². The standard InChI is InChI=1S/C15H18Cl3N3O4/c1-2-3-8-19-14(23)20-13(15(16,17)18)9-12(22)10-4-6-11(7-5-10)21(24)25/h4-7,13H,2-3,8-9H2,1H3,(H2,19,20,23)/t13-/m1/s1. The molecule has 1 aromatic carbocycles. The predicted octanol–water partition coefficient (Wildman–Crippen LogP) is 4.01. The first-order valence-electron chi connectivity index (χ1n) is 7.54. The number of alkyl halides is 3. The van der Waals surface area contributed by atoms with Crippen LogP contribution in [-0.2, 0) is 0 Å². The van der Waals surface area contributed by atoms with Gasteiger partial charge in [-0.15, -0.1) is 0 Å². The quantitative estimate of drug-likeness (QED) is 0.222. The van der Waals surface area contributed by atoms with Crippen LogP contribution < -0.4 is 10.6 Å². The Bertz CT molecular complexity index is 617. The Morgan fingerprint density at radius 2 is 1.84 bits per heavy atom. The lowest BCUT2D eigenvalue weighted by Crippen LogP contribution is -2.49. The average molecular weight is 411 g/mol. The maximum absolute atomic E-state index is 12.3. The average Bonchev–Trinajstić information content (AvgIpc) is 2.53. The number of nitrogens with one attached hydrogen (secondary N) is 2. The van der Waals surface area contributed by atoms with Crippen LogP contribution in [0.1, 0.15) is 36.5 Å². The molecule has 0 aliphatic rings. The molecular weight excluding hydrogens is 393 g/mol. The van der Waals surface area contributed by atoms with Crippen molar-refractivity contribution in [2.45, 2.75) is 36.0 Å². The lowest BCUT2D eigenvalue weighted by Gasteiger charge is -2.25. The molecule has 2 N–H and O–H groups in total. The second-order valence-electron chi connectivity index (χ2n) is 5.28. The van der Waals surface area contributed by atoms with E-state index in [0.717, 1.165) is 12.8 Å². The summed E-state index contributed by atoms with van der Waals surface area (Å²) in [7, 11) is 0. The molecule has 0 aliphatic carbocycles. The van der Waals surface area contributed by atoms with Gasteiger partial charge < -0.3 is 10.6 Å². The SMILES string of the molecule is CCCCNC(=O)N[C@H](CC(=O)c1ccc([N+](=O)[O-])cc1)C(Cl)(Cl)Cl. The molecule has 0 fully saturated rings. The molecule has 138 valence electrons. The molecule has 2 amide bonds. The Morgan fingerprint density at radius 3 is 2.32 bits per heavy atom. The number of nitrogens with zero attached hydrogens (tertiary/aromatic N) is 1. The number of unbranched alkanes of at least 4 members (excludes halogenated alkanes) is 1. The van der Waals surface area contributed by atoms with Crippen molar-refractivity contribution in [3.8, 4) is 0 Å². The van der Waals surface area contributed by atoms with Gasteiger partial charge in [-0.05, 0) is 18.6 Å². The topological polar surface area (TPSA) is 101 Å². The molecule has 0 unspecified atom stereocenters. The number of non-ortho nitro benzene ring substituents is 1. The fourth-order valence-electron chi connectivity index (χ4n) is 1.91. The van der Waals surface area contributed by atoms with Crippen LogP contribution in [-0.4, -0.2) is 33.1 Å². The van der Waals surface area contributed by atoms with E-state index in [2.05, 4.69) is 10.6 Å². The van der Waals surface area contributed by atoms with Gasteiger partial charge in [0, 0.05) is 30.7 Å². The fourth-order valence-corrected chi connectivity index (χ4v) is 2.30. The second-order valence-corrected chi connectivity index (χ2v) is 7.65. The Balaban J connectivity index is 2.75. The summed E-state index contributed by atoms with van der Waals surface area (Å²) in [6, 6.07) is 3.46. The highest BCUT2D eigenvalue weighted by atomic mass is 35.6. The van der Waals surface area contributed by atoms with Crippen molar-refractivity contribution in [1.29, 1.82) is 0 Å². The van der Waals surface area contributed by atoms with Crippen LogP contribution in [0.15, 0.2) is 24.3 Å². The van der Waals surface area contributed by atoms with Crippen molar-refractivity contribution >= 4 is 52.3 Å². The molecule has 10 heteroatoms. The van der Waals surface area contributed by atoms with E-state index in [1.165, 1.54) is 24.3 Å². The van der Waals surface area contributed by atoms with Gasteiger partial charge in [0.25, 0.3) is 5.69 Å². The molecule has 0 saturated heterocycles. The minimum Gasteiger partial charge on any atom is -0.338 e. The van der Waals surface area contributed by atoms with E-state index in [9.17, 15) is 19.7 Å². The lowest BCUT2D eigenvalue weighted by molar-refractivity contribution is -0.384. The molecular formula is C15H18Cl3N3O4. The van der Waals surface area contributed by atoms with Gasteiger partial charge in [-0.3, -0.25) is 14.9 Å². The number of halogens is 3. The number of hydrogen-bond donors (Lipinski definition) is 2. The summed E-state index contributed by atoms with van der Waals surface area (Å²) in [5.41, 5.74) is 0.0842. The van der Waals surface area contributed by atoms with Crippen molar-refractivity contribution < 1.29 is 14.5 Å². The van der Waals surface area contributed by atoms with Gasteiger partial charge in [-0.1, -0.05) is 48.1 Å². The molecule has 0 bridgehead atoms. The normalized spacial score (nSPS) is 12.3. The molecule has 0 aliphatic heterocycles. The Morgan fingerprint density at radius 1 is 1.24 bits per heavy atom. The number of hydrogen-bond acceptors (Lipinski definition) is 4. The van der Waals surface area contributed by atoms with Crippen LogP contribution in [0, 0.1) is 10.1 Å². The molecule has 1 rings (SSSR count). The van der Waals surface area contributed by atoms with Crippen molar-refractivity contribution in [3.63, 3.8) is 0 Å². The van der Waals surface area contributed by atoms with E-state index < -0.39 is 26.6 Å². The minimum atomic E-state index is -1.89. The number of carbonyl (C=O) groups excluding carboxylic acids is 2. The van der Waals surface area contributed by atoms with Crippen LogP contribution in [0.25, 0.3) is 0 Å². The second kappa shape index (κ2) is 9.79. The Labute approximate surface area is 160 Å². The maximum atomic E-state index is 12.3. The number of amides is 2. The van der Waals surface area contributed by atoms with Gasteiger partial charge in [-0.2, -0.15) is 0 Å². The monoisotopic (exact) mass is 409 g/mol. The van der Waals surface area contributed by atoms with Crippen LogP contribution in [0.2, 0.25) is 0 Å². The zero-order chi connectivity index (χ0) is 19.0. The molecule has 7 nitrogen and oxygen atoms in total. The first-order chi connectivity index (χ1) is 11.6. The summed E-state index contributed by atoms with van der Waals surface area (Å²) in [4.78, 5) is 34.2. The molecule has 25 heavy (non-hydrogen) atoms. The highest BCUT2D eigenvalue weighted by Crippen LogP contribution is 2.32. The summed E-state index contributed by atoms with van der Waals surface area (Å²) in [6.45, 7) is 2.44. The molecule has 1 atom stereocenters. The molecule has 0 radical (unpaired) electrons. The van der Waals surface area contributed by atoms with Crippen molar-refractivity contribution in [1.82, 2.24) is 10.6 Å². The number of nitro benzene ring substituents is 1. The lowest BCUT2D eigenvalue weighted by atomic mass is 10.0. The molecule has 1 aromatic rings. The van der Waals surface area contributed by atoms with Gasteiger partial charge >= 0.3 is 6.03 Å². The Hall–Kier alpha value is -1.57. The van der Waals surface area contributed by atoms with Crippen LogP contribution in [0.3, 0.4) is 0 Å². The Kier molecular flexibility index (Phi) is 8.41. The van der Waals surface area contributed by atoms with Gasteiger partial charge in [0.15, 0.2) is 5.78 Å². The summed E-state index contributed by atoms with van der Waals surface area (Å²) >= 11 is 17.5. The van der Waals surface area contributed by atoms with Crippen molar-refractivity contribution in [2.24, 2.45) is 0 Å². The number of nitro groups is 1. The highest BCUT2D eigenvalue weighted by Gasteiger charge is 2.35. The number of ketones is 1. The number of rotatable bonds is 8. The first kappa shape index (κ1) is 21.5. The third-order valence-electron chi connectivity index (χ3n) is 3.31. The fraction of sp³-hybridized carbons (Fsp3) is 0.467. The first-order valence-corrected chi connectivity index (χ1v) is 8.67. The number of urea groups is 1. The van der Waals surface area contributed by atoms with Crippen LogP contribution in [0.4, 0.5) is 10.5 Å². The summed E-state index contributed by atoms with van der Waals surface area (Å²) < 4.78 is -1.89. The number of benzene rings is 1. The van der Waals surface area contributed by atoms with Gasteiger partial charge in [0.1, 0.15) is 0 Å². The van der Waals surface area contributed by atoms with Crippen molar-refractivity contribution in [3.05, 3.63) is 39.9 Å². The summed E-state index contributed by atoms with van der Waals surface area (Å²) in [6.07, 6.45) is 1.44. The third-order valence-corrected chi connectivity index (χ3v) is 4.10. The molecule has 0 aromatic heterocycles. The van der Waals surface area contributed by atoms with E-state index in [4.69, 9.17) is 34.8 Å². The highest BCUT2D eigenvalue weighted by molar-refractivity contribution is 6.68. The predicted molar refractivity (Wildman–Crippen MR) is 97.6 cm³/mol. The van der Waals surface area contributed by atoms with E-state index >= 15 is 0 Å². The zero-order valence-corrected chi connectivity index (χ0v) is 15.7. The van der Waals surface area contributed by atoms with E-state index in [1.807, 2.05) is 6.92 Å². The number of carbonyl (C=O) groups is 2. The largest absolute Gasteiger partial charge is 0.338 e. The van der Waals surface area contributed by atoms with Gasteiger partial charge in [0.05, 0.1) is 11.0 Å². The maximum Gasteiger partial charge on any atom is 0.315 e. The van der Waals surface area contributed by atoms with Gasteiger partial charge in [0.2, 0.25) is 3.79 Å². The van der Waals surface area contributed by atoms with E-state index in [0.29, 0.717) is 6.54 Å². The van der Waals surface area contributed by atoms with Crippen LogP contribution >= 0.6 is 34.8 Å². The molecule has 0 saturated carbocycles. The zero-order valence-electron chi connectivity index (χ0n) is 13.4. The van der Waals surface area contributed by atoms with Gasteiger partial charge in [-0.25, -0.2) is 4.79 Å². The number of Topliss-reactive ketones (excluding diaryl/α,β-unsaturated/α-hetero) is 1. The summed E-state index contributed by atoms with van der Waals surface area (Å²) in [5.74, 6) is -0.417.